The first-order valence-corrected chi connectivity index (χ1v) is 10.8. The summed E-state index contributed by atoms with van der Waals surface area (Å²) in [5, 5.41) is 27.2. The van der Waals surface area contributed by atoms with Crippen LogP contribution in [-0.4, -0.2) is 33.7 Å². The van der Waals surface area contributed by atoms with Gasteiger partial charge in [-0.2, -0.15) is 0 Å². The molecule has 0 heterocycles. The van der Waals surface area contributed by atoms with Gasteiger partial charge in [0.25, 0.3) is 11.4 Å². The summed E-state index contributed by atoms with van der Waals surface area (Å²) in [4.78, 5) is 44.8. The van der Waals surface area contributed by atoms with Gasteiger partial charge in [-0.3, -0.25) is 29.8 Å². The first-order chi connectivity index (χ1) is 16.3. The number of nitrogens with zero attached hydrogens (tertiary/aromatic N) is 2. The molecule has 0 atom stereocenters. The quantitative estimate of drug-likeness (QED) is 0.346. The Morgan fingerprint density at radius 3 is 1.29 bits per heavy atom. The lowest BCUT2D eigenvalue weighted by molar-refractivity contribution is -0.385. The number of nitro groups is 2. The summed E-state index contributed by atoms with van der Waals surface area (Å²) >= 11 is 0. The van der Waals surface area contributed by atoms with Gasteiger partial charge in [-0.05, 0) is 73.2 Å². The van der Waals surface area contributed by atoms with Crippen LogP contribution in [0.5, 0.6) is 0 Å². The van der Waals surface area contributed by atoms with Crippen molar-refractivity contribution in [1.82, 2.24) is 10.6 Å². The van der Waals surface area contributed by atoms with Gasteiger partial charge in [-0.15, -0.1) is 0 Å². The van der Waals surface area contributed by atoms with E-state index < -0.39 is 9.85 Å². The second kappa shape index (κ2) is 11.5. The predicted molar refractivity (Wildman–Crippen MR) is 127 cm³/mol. The lowest BCUT2D eigenvalue weighted by Gasteiger charge is -2.29. The molecule has 1 fully saturated rings. The molecule has 1 saturated carbocycles. The third-order valence-electron chi connectivity index (χ3n) is 5.48. The SMILES string of the molecule is O=C(/C=C\c1ccc([N+](=O)[O-])cc1)NC1CCC(NC(=O)/C=C\c2ccc([N+](=O)[O-])cc2)CC1. The van der Waals surface area contributed by atoms with Gasteiger partial charge < -0.3 is 10.6 Å². The number of hydrogen-bond acceptors (Lipinski definition) is 6. The lowest BCUT2D eigenvalue weighted by Crippen LogP contribution is -2.43. The van der Waals surface area contributed by atoms with Gasteiger partial charge in [-0.25, -0.2) is 0 Å². The molecule has 0 saturated heterocycles. The van der Waals surface area contributed by atoms with Gasteiger partial charge >= 0.3 is 0 Å². The molecule has 176 valence electrons. The van der Waals surface area contributed by atoms with E-state index in [2.05, 4.69) is 10.6 Å². The van der Waals surface area contributed by atoms with Crippen LogP contribution in [0.3, 0.4) is 0 Å². The topological polar surface area (TPSA) is 144 Å². The summed E-state index contributed by atoms with van der Waals surface area (Å²) in [6, 6.07) is 11.9. The van der Waals surface area contributed by atoms with Crippen molar-refractivity contribution < 1.29 is 19.4 Å². The van der Waals surface area contributed by atoms with E-state index in [9.17, 15) is 29.8 Å². The smallest absolute Gasteiger partial charge is 0.269 e. The first-order valence-electron chi connectivity index (χ1n) is 10.8. The minimum absolute atomic E-state index is 0.00714. The highest BCUT2D eigenvalue weighted by Gasteiger charge is 2.22. The fourth-order valence-electron chi connectivity index (χ4n) is 3.64. The molecule has 2 N–H and O–H groups in total. The number of non-ortho nitro benzene ring substituents is 2. The van der Waals surface area contributed by atoms with Crippen molar-refractivity contribution in [2.24, 2.45) is 0 Å². The molecule has 34 heavy (non-hydrogen) atoms. The van der Waals surface area contributed by atoms with Crippen LogP contribution >= 0.6 is 0 Å². The Morgan fingerprint density at radius 1 is 0.676 bits per heavy atom. The Bertz CT molecular complexity index is 1010. The van der Waals surface area contributed by atoms with Crippen LogP contribution in [0.15, 0.2) is 60.7 Å². The standard InChI is InChI=1S/C24H24N4O6/c29-23(15-5-17-1-11-21(12-2-17)27(31)32)25-19-7-9-20(10-8-19)26-24(30)16-6-18-3-13-22(14-4-18)28(33)34/h1-6,11-16,19-20H,7-10H2,(H,25,29)(H,26,30)/b15-5-,16-6-. The molecule has 0 aromatic heterocycles. The third-order valence-corrected chi connectivity index (χ3v) is 5.48. The summed E-state index contributed by atoms with van der Waals surface area (Å²) in [6.45, 7) is 0. The molecule has 3 rings (SSSR count). The fourth-order valence-corrected chi connectivity index (χ4v) is 3.64. The molecular weight excluding hydrogens is 440 g/mol. The molecule has 2 amide bonds. The fraction of sp³-hybridized carbons (Fsp3) is 0.250. The summed E-state index contributed by atoms with van der Waals surface area (Å²) in [5.41, 5.74) is 1.36. The molecule has 1 aliphatic rings. The van der Waals surface area contributed by atoms with Crippen LogP contribution in [0.2, 0.25) is 0 Å². The zero-order valence-electron chi connectivity index (χ0n) is 18.3. The van der Waals surface area contributed by atoms with Gasteiger partial charge in [0.05, 0.1) is 9.85 Å². The van der Waals surface area contributed by atoms with Gasteiger partial charge in [0.1, 0.15) is 0 Å². The van der Waals surface area contributed by atoms with E-state index in [0.717, 1.165) is 25.7 Å². The number of carbonyl (C=O) groups is 2. The van der Waals surface area contributed by atoms with Gasteiger partial charge in [0, 0.05) is 48.5 Å². The Hall–Kier alpha value is -4.34. The van der Waals surface area contributed by atoms with E-state index in [1.165, 1.54) is 36.4 Å². The second-order valence-corrected chi connectivity index (χ2v) is 7.93. The molecule has 1 aliphatic carbocycles. The number of hydrogen-bond donors (Lipinski definition) is 2. The summed E-state index contributed by atoms with van der Waals surface area (Å²) in [7, 11) is 0. The summed E-state index contributed by atoms with van der Waals surface area (Å²) in [5.74, 6) is -0.478. The van der Waals surface area contributed by atoms with Crippen molar-refractivity contribution in [3.8, 4) is 0 Å². The normalized spacial score (nSPS) is 18.0. The molecule has 2 aromatic rings. The number of nitro benzene ring substituents is 2. The van der Waals surface area contributed by atoms with Crippen LogP contribution in [0.25, 0.3) is 12.2 Å². The predicted octanol–water partition coefficient (Wildman–Crippen LogP) is 3.77. The maximum atomic E-state index is 12.2. The zero-order chi connectivity index (χ0) is 24.5. The minimum atomic E-state index is -0.478. The van der Waals surface area contributed by atoms with Crippen LogP contribution in [0.1, 0.15) is 36.8 Å². The highest BCUT2D eigenvalue weighted by Crippen LogP contribution is 2.19. The molecule has 0 aliphatic heterocycles. The number of amides is 2. The van der Waals surface area contributed by atoms with Gasteiger partial charge in [0.2, 0.25) is 11.8 Å². The lowest BCUT2D eigenvalue weighted by atomic mass is 9.91. The highest BCUT2D eigenvalue weighted by atomic mass is 16.6. The molecule has 10 heteroatoms. The Morgan fingerprint density at radius 2 is 1.00 bits per heavy atom. The molecule has 0 spiro atoms. The van der Waals surface area contributed by atoms with Crippen molar-refractivity contribution in [3.63, 3.8) is 0 Å². The van der Waals surface area contributed by atoms with Crippen LogP contribution in [0, 0.1) is 20.2 Å². The average molecular weight is 464 g/mol. The largest absolute Gasteiger partial charge is 0.350 e. The monoisotopic (exact) mass is 464 g/mol. The summed E-state index contributed by atoms with van der Waals surface area (Å²) in [6.07, 6.45) is 8.92. The van der Waals surface area contributed by atoms with E-state index in [1.54, 1.807) is 36.4 Å². The van der Waals surface area contributed by atoms with E-state index in [0.29, 0.717) is 11.1 Å². The maximum absolute atomic E-state index is 12.2. The second-order valence-electron chi connectivity index (χ2n) is 7.93. The van der Waals surface area contributed by atoms with Crippen molar-refractivity contribution in [1.29, 1.82) is 0 Å². The number of benzene rings is 2. The maximum Gasteiger partial charge on any atom is 0.269 e. The molecule has 2 aromatic carbocycles. The zero-order valence-corrected chi connectivity index (χ0v) is 18.3. The first kappa shape index (κ1) is 24.3. The third kappa shape index (κ3) is 7.37. The van der Waals surface area contributed by atoms with Crippen molar-refractivity contribution in [2.75, 3.05) is 0 Å². The Labute approximate surface area is 195 Å². The van der Waals surface area contributed by atoms with Crippen LogP contribution < -0.4 is 10.6 Å². The summed E-state index contributed by atoms with van der Waals surface area (Å²) < 4.78 is 0. The highest BCUT2D eigenvalue weighted by molar-refractivity contribution is 5.92. The van der Waals surface area contributed by atoms with Crippen molar-refractivity contribution >= 4 is 35.3 Å². The van der Waals surface area contributed by atoms with E-state index in [-0.39, 0.29) is 35.3 Å². The molecule has 10 nitrogen and oxygen atoms in total. The number of nitrogens with one attached hydrogen (secondary N) is 2. The molecule has 0 unspecified atom stereocenters. The minimum Gasteiger partial charge on any atom is -0.350 e. The van der Waals surface area contributed by atoms with Gasteiger partial charge in [-0.1, -0.05) is 0 Å². The molecule has 0 radical (unpaired) electrons. The Balaban J connectivity index is 1.39. The van der Waals surface area contributed by atoms with E-state index >= 15 is 0 Å². The Kier molecular flexibility index (Phi) is 8.22. The van der Waals surface area contributed by atoms with Gasteiger partial charge in [0.15, 0.2) is 0 Å². The molecule has 0 bridgehead atoms. The van der Waals surface area contributed by atoms with Crippen LogP contribution in [-0.2, 0) is 9.59 Å². The van der Waals surface area contributed by atoms with Crippen molar-refractivity contribution in [2.45, 2.75) is 37.8 Å². The molecular formula is C24H24N4O6. The van der Waals surface area contributed by atoms with E-state index in [4.69, 9.17) is 0 Å². The van der Waals surface area contributed by atoms with Crippen LogP contribution in [0.4, 0.5) is 11.4 Å². The van der Waals surface area contributed by atoms with E-state index in [1.807, 2.05) is 0 Å². The number of carbonyl (C=O) groups excluding carboxylic acids is 2. The number of rotatable bonds is 8. The average Bonchev–Trinajstić information content (AvgIpc) is 2.83. The van der Waals surface area contributed by atoms with Crippen molar-refractivity contribution in [3.05, 3.63) is 92.0 Å².